The fraction of sp³-hybridized carbons (Fsp3) is 0.300. The van der Waals surface area contributed by atoms with Crippen molar-refractivity contribution < 1.29 is 24.2 Å². The minimum Gasteiger partial charge on any atom is -0.493 e. The van der Waals surface area contributed by atoms with Gasteiger partial charge in [0.05, 0.1) is 6.61 Å². The molecule has 6 nitrogen and oxygen atoms in total. The zero-order valence-electron chi connectivity index (χ0n) is 14.5. The Morgan fingerprint density at radius 2 is 2.00 bits per heavy atom. The van der Waals surface area contributed by atoms with Gasteiger partial charge >= 0.3 is 5.97 Å². The molecule has 0 spiro atoms. The molecule has 0 saturated carbocycles. The third-order valence-electron chi connectivity index (χ3n) is 4.30. The second-order valence-electron chi connectivity index (χ2n) is 6.09. The van der Waals surface area contributed by atoms with E-state index in [9.17, 15) is 14.7 Å². The van der Waals surface area contributed by atoms with E-state index in [0.717, 1.165) is 24.2 Å². The first-order chi connectivity index (χ1) is 12.6. The number of hydrogen-bond acceptors (Lipinski definition) is 4. The Hall–Kier alpha value is -3.02. The van der Waals surface area contributed by atoms with Crippen molar-refractivity contribution in [2.24, 2.45) is 0 Å². The van der Waals surface area contributed by atoms with Crippen LogP contribution in [0.3, 0.4) is 0 Å². The monoisotopic (exact) mass is 355 g/mol. The number of nitrogens with one attached hydrogen (secondary N) is 1. The molecule has 1 amide bonds. The van der Waals surface area contributed by atoms with Crippen LogP contribution in [0.15, 0.2) is 42.5 Å². The van der Waals surface area contributed by atoms with Crippen LogP contribution in [0.1, 0.15) is 29.7 Å². The normalized spacial score (nSPS) is 13.4. The summed E-state index contributed by atoms with van der Waals surface area (Å²) < 4.78 is 10.9. The summed E-state index contributed by atoms with van der Waals surface area (Å²) in [5.74, 6) is -0.278. The maximum Gasteiger partial charge on any atom is 0.330 e. The molecule has 0 aromatic heterocycles. The van der Waals surface area contributed by atoms with E-state index in [2.05, 4.69) is 12.2 Å². The number of amides is 1. The van der Waals surface area contributed by atoms with Crippen LogP contribution in [0.25, 0.3) is 0 Å². The number of rotatable bonds is 7. The van der Waals surface area contributed by atoms with Crippen molar-refractivity contribution in [1.82, 2.24) is 5.32 Å². The molecule has 3 rings (SSSR count). The predicted octanol–water partition coefficient (Wildman–Crippen LogP) is 2.50. The van der Waals surface area contributed by atoms with E-state index in [1.807, 2.05) is 12.1 Å². The zero-order valence-corrected chi connectivity index (χ0v) is 14.5. The average molecular weight is 355 g/mol. The van der Waals surface area contributed by atoms with Gasteiger partial charge in [-0.1, -0.05) is 25.1 Å². The van der Waals surface area contributed by atoms with Crippen LogP contribution in [0, 0.1) is 0 Å². The summed E-state index contributed by atoms with van der Waals surface area (Å²) in [4.78, 5) is 23.7. The van der Waals surface area contributed by atoms with Crippen molar-refractivity contribution in [3.8, 4) is 11.5 Å². The number of hydrogen-bond donors (Lipinski definition) is 2. The first-order valence-electron chi connectivity index (χ1n) is 8.56. The summed E-state index contributed by atoms with van der Waals surface area (Å²) >= 11 is 0. The van der Waals surface area contributed by atoms with Gasteiger partial charge < -0.3 is 19.9 Å². The lowest BCUT2D eigenvalue weighted by Gasteiger charge is -2.16. The molecule has 0 aliphatic carbocycles. The van der Waals surface area contributed by atoms with Crippen LogP contribution < -0.4 is 14.8 Å². The molecule has 2 N–H and O–H groups in total. The third-order valence-corrected chi connectivity index (χ3v) is 4.30. The third kappa shape index (κ3) is 4.14. The topological polar surface area (TPSA) is 84.9 Å². The van der Waals surface area contributed by atoms with Crippen LogP contribution in [0.5, 0.6) is 11.5 Å². The second-order valence-corrected chi connectivity index (χ2v) is 6.09. The van der Waals surface area contributed by atoms with Crippen molar-refractivity contribution in [2.45, 2.75) is 25.8 Å². The first kappa shape index (κ1) is 17.8. The van der Waals surface area contributed by atoms with Crippen molar-refractivity contribution >= 4 is 11.9 Å². The van der Waals surface area contributed by atoms with Gasteiger partial charge in [0, 0.05) is 6.42 Å². The highest BCUT2D eigenvalue weighted by atomic mass is 16.5. The highest BCUT2D eigenvalue weighted by molar-refractivity contribution is 5.85. The van der Waals surface area contributed by atoms with E-state index in [1.54, 1.807) is 30.3 Å². The van der Waals surface area contributed by atoms with Crippen molar-refractivity contribution in [2.75, 3.05) is 13.2 Å². The van der Waals surface area contributed by atoms with Crippen molar-refractivity contribution in [3.05, 3.63) is 59.2 Å². The molecule has 1 unspecified atom stereocenters. The fourth-order valence-corrected chi connectivity index (χ4v) is 2.85. The number of benzene rings is 2. The summed E-state index contributed by atoms with van der Waals surface area (Å²) in [7, 11) is 0. The molecule has 2 aromatic rings. The van der Waals surface area contributed by atoms with Gasteiger partial charge in [0.15, 0.2) is 12.6 Å². The number of fused-ring (bicyclic) bond motifs is 1. The smallest absolute Gasteiger partial charge is 0.330 e. The van der Waals surface area contributed by atoms with Crippen LogP contribution in [-0.2, 0) is 22.4 Å². The van der Waals surface area contributed by atoms with Crippen molar-refractivity contribution in [3.63, 3.8) is 0 Å². The molecule has 1 aliphatic rings. The number of aliphatic carboxylic acids is 1. The highest BCUT2D eigenvalue weighted by Gasteiger charge is 2.24. The first-order valence-corrected chi connectivity index (χ1v) is 8.56. The Labute approximate surface area is 151 Å². The summed E-state index contributed by atoms with van der Waals surface area (Å²) in [6.07, 6.45) is 1.66. The Balaban J connectivity index is 1.62. The van der Waals surface area contributed by atoms with E-state index in [4.69, 9.17) is 9.47 Å². The van der Waals surface area contributed by atoms with E-state index < -0.39 is 17.9 Å². The molecule has 1 heterocycles. The number of ether oxygens (including phenoxy) is 2. The van der Waals surface area contributed by atoms with Crippen LogP contribution >= 0.6 is 0 Å². The molecule has 1 aliphatic heterocycles. The molecule has 0 bridgehead atoms. The summed E-state index contributed by atoms with van der Waals surface area (Å²) in [6.45, 7) is 2.40. The summed E-state index contributed by atoms with van der Waals surface area (Å²) in [5.41, 5.74) is 2.64. The van der Waals surface area contributed by atoms with Gasteiger partial charge in [-0.3, -0.25) is 4.79 Å². The Morgan fingerprint density at radius 3 is 2.69 bits per heavy atom. The predicted molar refractivity (Wildman–Crippen MR) is 95.5 cm³/mol. The van der Waals surface area contributed by atoms with Crippen molar-refractivity contribution in [1.29, 1.82) is 0 Å². The van der Waals surface area contributed by atoms with Crippen LogP contribution in [0.2, 0.25) is 0 Å². The molecule has 26 heavy (non-hydrogen) atoms. The van der Waals surface area contributed by atoms with E-state index in [0.29, 0.717) is 17.9 Å². The number of carboxylic acids is 1. The van der Waals surface area contributed by atoms with Gasteiger partial charge in [-0.25, -0.2) is 4.79 Å². The molecular weight excluding hydrogens is 334 g/mol. The van der Waals surface area contributed by atoms with E-state index >= 15 is 0 Å². The maximum atomic E-state index is 12.1. The zero-order chi connectivity index (χ0) is 18.5. The summed E-state index contributed by atoms with van der Waals surface area (Å²) in [6, 6.07) is 11.5. The number of aryl methyl sites for hydroxylation is 1. The molecular formula is C20H21NO5. The van der Waals surface area contributed by atoms with Gasteiger partial charge in [0.25, 0.3) is 5.91 Å². The van der Waals surface area contributed by atoms with Crippen LogP contribution in [0.4, 0.5) is 0 Å². The Bertz CT molecular complexity index is 800. The van der Waals surface area contributed by atoms with Crippen LogP contribution in [-0.4, -0.2) is 30.2 Å². The van der Waals surface area contributed by atoms with Gasteiger partial charge in [-0.15, -0.1) is 0 Å². The Morgan fingerprint density at radius 1 is 1.23 bits per heavy atom. The SMILES string of the molecule is CCc1ccc(OCC(=O)NC(C(=O)O)c2ccc3c(c2)CCO3)cc1. The van der Waals surface area contributed by atoms with Gasteiger partial charge in [0.1, 0.15) is 11.5 Å². The maximum absolute atomic E-state index is 12.1. The standard InChI is InChI=1S/C20H21NO5/c1-2-13-3-6-16(7-4-13)26-12-18(22)21-19(20(23)24)15-5-8-17-14(11-15)9-10-25-17/h3-8,11,19H,2,9-10,12H2,1H3,(H,21,22)(H,23,24). The number of carboxylic acid groups (broad SMARTS) is 1. The van der Waals surface area contributed by atoms with E-state index in [-0.39, 0.29) is 6.61 Å². The van der Waals surface area contributed by atoms with Gasteiger partial charge in [0.2, 0.25) is 0 Å². The minimum atomic E-state index is -1.13. The highest BCUT2D eigenvalue weighted by Crippen LogP contribution is 2.28. The summed E-state index contributed by atoms with van der Waals surface area (Å²) in [5, 5.41) is 12.0. The van der Waals surface area contributed by atoms with Gasteiger partial charge in [-0.05, 0) is 47.4 Å². The number of carbonyl (C=O) groups is 2. The lowest BCUT2D eigenvalue weighted by Crippen LogP contribution is -2.36. The Kier molecular flexibility index (Phi) is 5.41. The number of carbonyl (C=O) groups excluding carboxylic acids is 1. The molecule has 0 saturated heterocycles. The lowest BCUT2D eigenvalue weighted by molar-refractivity contribution is -0.142. The molecule has 6 heteroatoms. The quantitative estimate of drug-likeness (QED) is 0.797. The molecule has 0 fully saturated rings. The molecule has 1 atom stereocenters. The molecule has 0 radical (unpaired) electrons. The average Bonchev–Trinajstić information content (AvgIpc) is 3.12. The fourth-order valence-electron chi connectivity index (χ4n) is 2.85. The second kappa shape index (κ2) is 7.91. The molecule has 136 valence electrons. The lowest BCUT2D eigenvalue weighted by atomic mass is 10.0. The molecule has 2 aromatic carbocycles. The largest absolute Gasteiger partial charge is 0.493 e. The van der Waals surface area contributed by atoms with Gasteiger partial charge in [-0.2, -0.15) is 0 Å². The minimum absolute atomic E-state index is 0.247. The van der Waals surface area contributed by atoms with E-state index in [1.165, 1.54) is 5.56 Å².